The molecule has 1 atom stereocenters. The molecule has 0 aliphatic rings. The van der Waals surface area contributed by atoms with Crippen molar-refractivity contribution >= 4 is 11.9 Å². The first-order valence-corrected chi connectivity index (χ1v) is 6.32. The van der Waals surface area contributed by atoms with E-state index >= 15 is 0 Å². The maximum absolute atomic E-state index is 11.8. The van der Waals surface area contributed by atoms with Crippen molar-refractivity contribution in [1.29, 1.82) is 0 Å². The smallest absolute Gasteiger partial charge is 0.338 e. The van der Waals surface area contributed by atoms with Crippen LogP contribution in [0, 0.1) is 0 Å². The summed E-state index contributed by atoms with van der Waals surface area (Å²) in [6, 6.07) is 1.19. The third kappa shape index (κ3) is 4.40. The van der Waals surface area contributed by atoms with Crippen molar-refractivity contribution in [3.8, 4) is 0 Å². The second kappa shape index (κ2) is 6.94. The van der Waals surface area contributed by atoms with E-state index in [0.717, 1.165) is 25.9 Å². The topological polar surface area (TPSA) is 82.8 Å². The van der Waals surface area contributed by atoms with Gasteiger partial charge in [0.15, 0.2) is 5.76 Å². The minimum atomic E-state index is -1.11. The summed E-state index contributed by atoms with van der Waals surface area (Å²) in [5.74, 6) is -1.49. The number of aromatic carboxylic acids is 1. The van der Waals surface area contributed by atoms with Crippen LogP contribution in [0.1, 0.15) is 41.7 Å². The van der Waals surface area contributed by atoms with Crippen LogP contribution >= 0.6 is 0 Å². The first-order valence-electron chi connectivity index (χ1n) is 6.32. The molecule has 0 saturated heterocycles. The zero-order valence-electron chi connectivity index (χ0n) is 11.5. The Morgan fingerprint density at radius 3 is 2.53 bits per heavy atom. The van der Waals surface area contributed by atoms with Crippen LogP contribution in [0.2, 0.25) is 0 Å². The van der Waals surface area contributed by atoms with E-state index in [2.05, 4.69) is 24.1 Å². The molecule has 6 nitrogen and oxygen atoms in total. The third-order valence-electron chi connectivity index (χ3n) is 2.87. The van der Waals surface area contributed by atoms with Crippen molar-refractivity contribution in [3.05, 3.63) is 23.7 Å². The Balaban J connectivity index is 2.56. The van der Waals surface area contributed by atoms with Crippen LogP contribution in [0.25, 0.3) is 0 Å². The molecule has 0 saturated carbocycles. The van der Waals surface area contributed by atoms with Gasteiger partial charge in [-0.15, -0.1) is 0 Å². The highest BCUT2D eigenvalue weighted by atomic mass is 16.4. The Bertz CT molecular complexity index is 438. The molecular formula is C13H20N2O4. The van der Waals surface area contributed by atoms with Gasteiger partial charge in [-0.1, -0.05) is 13.8 Å². The van der Waals surface area contributed by atoms with Crippen molar-refractivity contribution < 1.29 is 19.1 Å². The molecule has 19 heavy (non-hydrogen) atoms. The van der Waals surface area contributed by atoms with Crippen LogP contribution in [0.15, 0.2) is 16.7 Å². The van der Waals surface area contributed by atoms with Gasteiger partial charge in [0.1, 0.15) is 6.26 Å². The molecule has 0 fully saturated rings. The van der Waals surface area contributed by atoms with Gasteiger partial charge in [-0.05, 0) is 20.0 Å². The van der Waals surface area contributed by atoms with Gasteiger partial charge >= 0.3 is 5.97 Å². The summed E-state index contributed by atoms with van der Waals surface area (Å²) in [4.78, 5) is 24.7. The van der Waals surface area contributed by atoms with E-state index in [0.29, 0.717) is 0 Å². The zero-order chi connectivity index (χ0) is 14.4. The summed E-state index contributed by atoms with van der Waals surface area (Å²) < 4.78 is 4.94. The summed E-state index contributed by atoms with van der Waals surface area (Å²) in [7, 11) is 0. The molecule has 0 aliphatic carbocycles. The van der Waals surface area contributed by atoms with E-state index in [1.54, 1.807) is 0 Å². The maximum atomic E-state index is 11.8. The highest BCUT2D eigenvalue weighted by Gasteiger charge is 2.17. The van der Waals surface area contributed by atoms with Crippen LogP contribution in [0.5, 0.6) is 0 Å². The first kappa shape index (κ1) is 15.2. The lowest BCUT2D eigenvalue weighted by atomic mass is 10.2. The summed E-state index contributed by atoms with van der Waals surface area (Å²) >= 11 is 0. The quantitative estimate of drug-likeness (QED) is 0.781. The standard InChI is InChI=1S/C13H20N2O4/c1-4-15(5-2)7-9(3)14-12(16)11-6-10(8-19-11)13(17)18/h6,8-9H,4-5,7H2,1-3H3,(H,14,16)(H,17,18). The van der Waals surface area contributed by atoms with Gasteiger partial charge in [0.2, 0.25) is 0 Å². The van der Waals surface area contributed by atoms with Crippen LogP contribution in [0.4, 0.5) is 0 Å². The Morgan fingerprint density at radius 1 is 1.42 bits per heavy atom. The van der Waals surface area contributed by atoms with Crippen molar-refractivity contribution in [2.75, 3.05) is 19.6 Å². The number of nitrogens with one attached hydrogen (secondary N) is 1. The average Bonchev–Trinajstić information content (AvgIpc) is 2.85. The number of hydrogen-bond donors (Lipinski definition) is 2. The van der Waals surface area contributed by atoms with Crippen LogP contribution in [0.3, 0.4) is 0 Å². The van der Waals surface area contributed by atoms with Crippen LogP contribution in [-0.4, -0.2) is 47.6 Å². The van der Waals surface area contributed by atoms with Crippen molar-refractivity contribution in [1.82, 2.24) is 10.2 Å². The Labute approximate surface area is 112 Å². The highest BCUT2D eigenvalue weighted by molar-refractivity contribution is 5.95. The summed E-state index contributed by atoms with van der Waals surface area (Å²) in [6.07, 6.45) is 1.06. The number of rotatable bonds is 7. The fourth-order valence-electron chi connectivity index (χ4n) is 1.78. The molecule has 106 valence electrons. The molecule has 6 heteroatoms. The number of carboxylic acid groups (broad SMARTS) is 1. The summed E-state index contributed by atoms with van der Waals surface area (Å²) in [5, 5.41) is 11.5. The monoisotopic (exact) mass is 268 g/mol. The van der Waals surface area contributed by atoms with Gasteiger partial charge in [-0.2, -0.15) is 0 Å². The number of amides is 1. The molecule has 1 amide bonds. The van der Waals surface area contributed by atoms with Crippen LogP contribution in [-0.2, 0) is 0 Å². The van der Waals surface area contributed by atoms with Gasteiger partial charge in [0.05, 0.1) is 5.56 Å². The van der Waals surface area contributed by atoms with E-state index in [-0.39, 0.29) is 17.4 Å². The molecule has 1 aromatic rings. The van der Waals surface area contributed by atoms with E-state index in [1.807, 2.05) is 6.92 Å². The zero-order valence-corrected chi connectivity index (χ0v) is 11.5. The minimum Gasteiger partial charge on any atom is -0.478 e. The molecule has 0 aliphatic heterocycles. The van der Waals surface area contributed by atoms with E-state index in [4.69, 9.17) is 9.52 Å². The molecule has 1 unspecified atom stereocenters. The van der Waals surface area contributed by atoms with Gasteiger partial charge in [0, 0.05) is 18.7 Å². The molecule has 0 spiro atoms. The number of carbonyl (C=O) groups excluding carboxylic acids is 1. The SMILES string of the molecule is CCN(CC)CC(C)NC(=O)c1cc(C(=O)O)co1. The normalized spacial score (nSPS) is 12.4. The molecule has 0 bridgehead atoms. The molecule has 0 radical (unpaired) electrons. The van der Waals surface area contributed by atoms with Crippen LogP contribution < -0.4 is 5.32 Å². The second-order valence-corrected chi connectivity index (χ2v) is 4.37. The molecule has 1 aromatic heterocycles. The number of hydrogen-bond acceptors (Lipinski definition) is 4. The highest BCUT2D eigenvalue weighted by Crippen LogP contribution is 2.08. The van der Waals surface area contributed by atoms with E-state index in [1.165, 1.54) is 6.07 Å². The van der Waals surface area contributed by atoms with Gasteiger partial charge < -0.3 is 19.7 Å². The average molecular weight is 268 g/mol. The molecule has 1 heterocycles. The third-order valence-corrected chi connectivity index (χ3v) is 2.87. The summed E-state index contributed by atoms with van der Waals surface area (Å²) in [6.45, 7) is 8.59. The van der Waals surface area contributed by atoms with Crippen molar-refractivity contribution in [2.45, 2.75) is 26.8 Å². The van der Waals surface area contributed by atoms with Gasteiger partial charge in [-0.3, -0.25) is 4.79 Å². The molecular weight excluding hydrogens is 248 g/mol. The Hall–Kier alpha value is -1.82. The number of likely N-dealkylation sites (N-methyl/N-ethyl adjacent to an activating group) is 1. The van der Waals surface area contributed by atoms with E-state index < -0.39 is 11.9 Å². The molecule has 1 rings (SSSR count). The predicted octanol–water partition coefficient (Wildman–Crippen LogP) is 1.44. The lowest BCUT2D eigenvalue weighted by Crippen LogP contribution is -2.41. The number of carbonyl (C=O) groups is 2. The number of carboxylic acids is 1. The fourth-order valence-corrected chi connectivity index (χ4v) is 1.78. The largest absolute Gasteiger partial charge is 0.478 e. The molecule has 2 N–H and O–H groups in total. The number of furan rings is 1. The van der Waals surface area contributed by atoms with Crippen molar-refractivity contribution in [3.63, 3.8) is 0 Å². The second-order valence-electron chi connectivity index (χ2n) is 4.37. The van der Waals surface area contributed by atoms with Gasteiger partial charge in [-0.25, -0.2) is 4.79 Å². The predicted molar refractivity (Wildman–Crippen MR) is 70.4 cm³/mol. The van der Waals surface area contributed by atoms with Gasteiger partial charge in [0.25, 0.3) is 5.91 Å². The Morgan fingerprint density at radius 2 is 2.05 bits per heavy atom. The lowest BCUT2D eigenvalue weighted by molar-refractivity contribution is 0.0695. The maximum Gasteiger partial charge on any atom is 0.338 e. The molecule has 0 aromatic carbocycles. The van der Waals surface area contributed by atoms with E-state index in [9.17, 15) is 9.59 Å². The summed E-state index contributed by atoms with van der Waals surface area (Å²) in [5.41, 5.74) is -0.0263. The minimum absolute atomic E-state index is 0.0174. The first-order chi connectivity index (χ1) is 8.97. The Kier molecular flexibility index (Phi) is 5.57. The fraction of sp³-hybridized carbons (Fsp3) is 0.538. The number of nitrogens with zero attached hydrogens (tertiary/aromatic N) is 1. The lowest BCUT2D eigenvalue weighted by Gasteiger charge is -2.23. The van der Waals surface area contributed by atoms with Crippen molar-refractivity contribution in [2.24, 2.45) is 0 Å².